The number of aryl methyl sites for hydroxylation is 1. The molecule has 2 aromatic carbocycles. The predicted octanol–water partition coefficient (Wildman–Crippen LogP) is 5.49. The number of rotatable bonds is 6. The molecule has 160 valence electrons. The molecule has 3 aromatic rings. The summed E-state index contributed by atoms with van der Waals surface area (Å²) in [5, 5.41) is 0.671. The molecule has 0 spiro atoms. The summed E-state index contributed by atoms with van der Waals surface area (Å²) >= 11 is 6.51. The normalized spacial score (nSPS) is 15.4. The molecule has 2 heterocycles. The first-order valence-corrected chi connectivity index (χ1v) is 10.1. The Hall–Kier alpha value is -2.05. The lowest BCUT2D eigenvalue weighted by Gasteiger charge is -2.36. The molecule has 0 N–H and O–H groups in total. The molecule has 30 heavy (non-hydrogen) atoms. The van der Waals surface area contributed by atoms with Gasteiger partial charge in [-0.2, -0.15) is 0 Å². The van der Waals surface area contributed by atoms with E-state index in [1.165, 1.54) is 0 Å². The molecule has 1 saturated heterocycles. The van der Waals surface area contributed by atoms with Crippen LogP contribution >= 0.6 is 24.0 Å². The summed E-state index contributed by atoms with van der Waals surface area (Å²) in [6.45, 7) is 3.77. The zero-order valence-electron chi connectivity index (χ0n) is 17.1. The highest BCUT2D eigenvalue weighted by Crippen LogP contribution is 2.37. The van der Waals surface area contributed by atoms with E-state index >= 15 is 0 Å². The molecule has 0 radical (unpaired) electrons. The van der Waals surface area contributed by atoms with Crippen LogP contribution in [0, 0.1) is 6.92 Å². The molecule has 1 aliphatic heterocycles. The molecule has 1 aliphatic rings. The number of ether oxygens (including phenoxy) is 3. The predicted molar refractivity (Wildman–Crippen MR) is 120 cm³/mol. The van der Waals surface area contributed by atoms with Gasteiger partial charge in [0.2, 0.25) is 0 Å². The summed E-state index contributed by atoms with van der Waals surface area (Å²) < 4.78 is 19.5. The van der Waals surface area contributed by atoms with Gasteiger partial charge in [-0.25, -0.2) is 4.98 Å². The fourth-order valence-corrected chi connectivity index (χ4v) is 4.03. The van der Waals surface area contributed by atoms with Crippen molar-refractivity contribution in [2.75, 3.05) is 20.3 Å². The summed E-state index contributed by atoms with van der Waals surface area (Å²) in [4.78, 5) is 4.26. The fourth-order valence-electron chi connectivity index (χ4n) is 3.80. The minimum atomic E-state index is -0.306. The van der Waals surface area contributed by atoms with E-state index in [0.29, 0.717) is 24.8 Å². The molecule has 1 fully saturated rings. The highest BCUT2D eigenvalue weighted by Gasteiger charge is 2.34. The standard InChI is InChI=1S/C23H25ClN2O3.ClH/c1-17-25-10-11-26(17)20-7-6-18(22(24)15-20)16-29-21-5-3-4-19(14-21)23(27-2)8-12-28-13-9-23;/h3-7,10-11,14-15H,8-9,12-13,16H2,1-2H3;1H. The number of nitrogens with zero attached hydrogens (tertiary/aromatic N) is 2. The maximum Gasteiger partial charge on any atom is 0.120 e. The van der Waals surface area contributed by atoms with Crippen LogP contribution in [-0.2, 0) is 21.7 Å². The number of aromatic nitrogens is 2. The van der Waals surface area contributed by atoms with E-state index in [2.05, 4.69) is 17.1 Å². The molecule has 0 atom stereocenters. The zero-order chi connectivity index (χ0) is 20.3. The van der Waals surface area contributed by atoms with Crippen LogP contribution in [0.1, 0.15) is 29.8 Å². The lowest BCUT2D eigenvalue weighted by Crippen LogP contribution is -2.35. The lowest BCUT2D eigenvalue weighted by molar-refractivity contribution is -0.0948. The number of benzene rings is 2. The topological polar surface area (TPSA) is 45.5 Å². The Bertz CT molecular complexity index is 984. The Kier molecular flexibility index (Phi) is 7.42. The first-order chi connectivity index (χ1) is 14.1. The zero-order valence-corrected chi connectivity index (χ0v) is 18.7. The van der Waals surface area contributed by atoms with Gasteiger partial charge in [-0.3, -0.25) is 0 Å². The maximum absolute atomic E-state index is 6.51. The first-order valence-electron chi connectivity index (χ1n) is 9.76. The minimum Gasteiger partial charge on any atom is -0.489 e. The van der Waals surface area contributed by atoms with Gasteiger partial charge in [0.15, 0.2) is 0 Å². The molecule has 0 bridgehead atoms. The van der Waals surface area contributed by atoms with Gasteiger partial charge in [-0.15, -0.1) is 12.4 Å². The molecular formula is C23H26Cl2N2O3. The molecule has 1 aromatic heterocycles. The summed E-state index contributed by atoms with van der Waals surface area (Å²) in [6.07, 6.45) is 5.38. The van der Waals surface area contributed by atoms with Crippen LogP contribution in [0.2, 0.25) is 5.02 Å². The van der Waals surface area contributed by atoms with Crippen LogP contribution in [0.3, 0.4) is 0 Å². The van der Waals surface area contributed by atoms with Gasteiger partial charge in [0.1, 0.15) is 18.2 Å². The van der Waals surface area contributed by atoms with E-state index in [9.17, 15) is 0 Å². The van der Waals surface area contributed by atoms with Crippen molar-refractivity contribution in [3.63, 3.8) is 0 Å². The van der Waals surface area contributed by atoms with Crippen LogP contribution in [0.25, 0.3) is 5.69 Å². The van der Waals surface area contributed by atoms with Crippen LogP contribution in [0.15, 0.2) is 54.9 Å². The number of halogens is 2. The number of methoxy groups -OCH3 is 1. The van der Waals surface area contributed by atoms with Crippen molar-refractivity contribution >= 4 is 24.0 Å². The number of hydrogen-bond acceptors (Lipinski definition) is 4. The average molecular weight is 449 g/mol. The quantitative estimate of drug-likeness (QED) is 0.500. The van der Waals surface area contributed by atoms with Gasteiger partial charge < -0.3 is 18.8 Å². The molecule has 0 saturated carbocycles. The Morgan fingerprint density at radius 3 is 2.63 bits per heavy atom. The Labute approximate surface area is 188 Å². The van der Waals surface area contributed by atoms with Crippen molar-refractivity contribution in [1.29, 1.82) is 0 Å². The highest BCUT2D eigenvalue weighted by atomic mass is 35.5. The number of imidazole rings is 1. The van der Waals surface area contributed by atoms with Gasteiger partial charge >= 0.3 is 0 Å². The lowest BCUT2D eigenvalue weighted by atomic mass is 9.86. The molecule has 5 nitrogen and oxygen atoms in total. The molecule has 4 rings (SSSR count). The van der Waals surface area contributed by atoms with E-state index in [4.69, 9.17) is 25.8 Å². The second-order valence-corrected chi connectivity index (χ2v) is 7.65. The number of hydrogen-bond donors (Lipinski definition) is 0. The van der Waals surface area contributed by atoms with Crippen LogP contribution in [-0.4, -0.2) is 29.9 Å². The first kappa shape index (κ1) is 22.6. The second-order valence-electron chi connectivity index (χ2n) is 7.25. The Balaban J connectivity index is 0.00000256. The SMILES string of the molecule is COC1(c2cccc(OCc3ccc(-n4ccnc4C)cc3Cl)c2)CCOCC1.Cl. The summed E-state index contributed by atoms with van der Waals surface area (Å²) in [5.74, 6) is 1.72. The fraction of sp³-hybridized carbons (Fsp3) is 0.348. The van der Waals surface area contributed by atoms with E-state index in [0.717, 1.165) is 41.2 Å². The molecule has 0 amide bonds. The largest absolute Gasteiger partial charge is 0.489 e. The van der Waals surface area contributed by atoms with Gasteiger partial charge in [0, 0.05) is 61.8 Å². The Morgan fingerprint density at radius 1 is 1.17 bits per heavy atom. The second kappa shape index (κ2) is 9.84. The minimum absolute atomic E-state index is 0. The van der Waals surface area contributed by atoms with E-state index < -0.39 is 0 Å². The van der Waals surface area contributed by atoms with Crippen LogP contribution in [0.4, 0.5) is 0 Å². The highest BCUT2D eigenvalue weighted by molar-refractivity contribution is 6.31. The third kappa shape index (κ3) is 4.65. The van der Waals surface area contributed by atoms with E-state index in [-0.39, 0.29) is 18.0 Å². The van der Waals surface area contributed by atoms with Gasteiger partial charge in [-0.05, 0) is 36.8 Å². The smallest absolute Gasteiger partial charge is 0.120 e. The van der Waals surface area contributed by atoms with Crippen LogP contribution in [0.5, 0.6) is 5.75 Å². The van der Waals surface area contributed by atoms with Gasteiger partial charge in [-0.1, -0.05) is 29.8 Å². The maximum atomic E-state index is 6.51. The molecule has 0 unspecified atom stereocenters. The van der Waals surface area contributed by atoms with Crippen molar-refractivity contribution < 1.29 is 14.2 Å². The van der Waals surface area contributed by atoms with Crippen molar-refractivity contribution in [3.8, 4) is 11.4 Å². The monoisotopic (exact) mass is 448 g/mol. The van der Waals surface area contributed by atoms with E-state index in [1.807, 2.05) is 48.0 Å². The summed E-state index contributed by atoms with van der Waals surface area (Å²) in [7, 11) is 1.77. The molecule has 7 heteroatoms. The summed E-state index contributed by atoms with van der Waals surface area (Å²) in [5.41, 5.74) is 2.74. The van der Waals surface area contributed by atoms with Gasteiger partial charge in [0.05, 0.1) is 5.60 Å². The average Bonchev–Trinajstić information content (AvgIpc) is 3.19. The third-order valence-corrected chi connectivity index (χ3v) is 5.94. The van der Waals surface area contributed by atoms with Gasteiger partial charge in [0.25, 0.3) is 0 Å². The van der Waals surface area contributed by atoms with Crippen molar-refractivity contribution in [2.45, 2.75) is 32.0 Å². The third-order valence-electron chi connectivity index (χ3n) is 5.59. The molecule has 0 aliphatic carbocycles. The van der Waals surface area contributed by atoms with Crippen molar-refractivity contribution in [3.05, 3.63) is 76.8 Å². The Morgan fingerprint density at radius 2 is 1.97 bits per heavy atom. The van der Waals surface area contributed by atoms with Crippen LogP contribution < -0.4 is 4.74 Å². The molecular weight excluding hydrogens is 423 g/mol. The van der Waals surface area contributed by atoms with Crippen molar-refractivity contribution in [2.24, 2.45) is 0 Å². The van der Waals surface area contributed by atoms with E-state index in [1.54, 1.807) is 13.3 Å². The summed E-state index contributed by atoms with van der Waals surface area (Å²) in [6, 6.07) is 14.1. The van der Waals surface area contributed by atoms with Crippen molar-refractivity contribution in [1.82, 2.24) is 9.55 Å².